The topological polar surface area (TPSA) is 52.7 Å². The molecule has 0 atom stereocenters. The SMILES string of the molecule is Cl.O=C(CCC(=O)N1CCc2sccc2C1)N1CCC(NCC2CC2)CC1. The molecule has 5 nitrogen and oxygen atoms in total. The standard InChI is InChI=1S/C20H29N3O2S.ClH/c24-19(22-9-5-17(6-10-22)21-13-15-1-2-15)3-4-20(25)23-11-7-18-16(14-23)8-12-26-18;/h8,12,15,17,21H,1-7,9-11,13-14H2;1H. The molecule has 1 N–H and O–H groups in total. The van der Waals surface area contributed by atoms with Crippen molar-refractivity contribution < 1.29 is 9.59 Å². The Kier molecular flexibility index (Phi) is 7.17. The zero-order valence-corrected chi connectivity index (χ0v) is 17.5. The summed E-state index contributed by atoms with van der Waals surface area (Å²) in [5, 5.41) is 5.75. The van der Waals surface area contributed by atoms with Crippen molar-refractivity contribution in [2.24, 2.45) is 5.92 Å². The Morgan fingerprint density at radius 1 is 1.04 bits per heavy atom. The summed E-state index contributed by atoms with van der Waals surface area (Å²) < 4.78 is 0. The number of nitrogens with zero attached hydrogens (tertiary/aromatic N) is 2. The lowest BCUT2D eigenvalue weighted by Gasteiger charge is -2.33. The number of carbonyl (C=O) groups is 2. The van der Waals surface area contributed by atoms with Crippen molar-refractivity contribution in [3.8, 4) is 0 Å². The van der Waals surface area contributed by atoms with Gasteiger partial charge in [0, 0.05) is 49.9 Å². The van der Waals surface area contributed by atoms with Crippen molar-refractivity contribution in [1.82, 2.24) is 15.1 Å². The minimum absolute atomic E-state index is 0. The fraction of sp³-hybridized carbons (Fsp3) is 0.700. The first-order valence-electron chi connectivity index (χ1n) is 10.0. The van der Waals surface area contributed by atoms with Crippen LogP contribution in [-0.2, 0) is 22.6 Å². The normalized spacial score (nSPS) is 20.1. The van der Waals surface area contributed by atoms with Crippen molar-refractivity contribution >= 4 is 35.6 Å². The van der Waals surface area contributed by atoms with Gasteiger partial charge in [0.2, 0.25) is 11.8 Å². The van der Waals surface area contributed by atoms with Gasteiger partial charge in [-0.1, -0.05) is 0 Å². The molecule has 0 unspecified atom stereocenters. The van der Waals surface area contributed by atoms with Crippen LogP contribution in [0.5, 0.6) is 0 Å². The van der Waals surface area contributed by atoms with E-state index in [0.29, 0.717) is 25.4 Å². The summed E-state index contributed by atoms with van der Waals surface area (Å²) in [5.74, 6) is 1.17. The second-order valence-electron chi connectivity index (χ2n) is 7.94. The highest BCUT2D eigenvalue weighted by molar-refractivity contribution is 7.10. The third kappa shape index (κ3) is 5.46. The van der Waals surface area contributed by atoms with Crippen LogP contribution >= 0.6 is 23.7 Å². The van der Waals surface area contributed by atoms with Crippen LogP contribution in [0.15, 0.2) is 11.4 Å². The predicted molar refractivity (Wildman–Crippen MR) is 110 cm³/mol. The van der Waals surface area contributed by atoms with Gasteiger partial charge in [0.15, 0.2) is 0 Å². The molecule has 7 heteroatoms. The number of thiophene rings is 1. The van der Waals surface area contributed by atoms with Gasteiger partial charge in [0.25, 0.3) is 0 Å². The number of likely N-dealkylation sites (tertiary alicyclic amines) is 1. The average Bonchev–Trinajstić information content (AvgIpc) is 3.39. The van der Waals surface area contributed by atoms with Crippen LogP contribution in [0.2, 0.25) is 0 Å². The molecule has 2 amide bonds. The molecule has 150 valence electrons. The van der Waals surface area contributed by atoms with E-state index >= 15 is 0 Å². The van der Waals surface area contributed by atoms with Gasteiger partial charge >= 0.3 is 0 Å². The Bertz CT molecular complexity index is 653. The third-order valence-electron chi connectivity index (χ3n) is 5.95. The van der Waals surface area contributed by atoms with Crippen LogP contribution in [0.25, 0.3) is 0 Å². The van der Waals surface area contributed by atoms with Gasteiger partial charge in [-0.2, -0.15) is 0 Å². The zero-order valence-electron chi connectivity index (χ0n) is 15.8. The zero-order chi connectivity index (χ0) is 17.9. The summed E-state index contributed by atoms with van der Waals surface area (Å²) in [6.45, 7) is 4.31. The number of hydrogen-bond acceptors (Lipinski definition) is 4. The Labute approximate surface area is 171 Å². The number of nitrogens with one attached hydrogen (secondary N) is 1. The number of rotatable bonds is 6. The molecule has 0 bridgehead atoms. The summed E-state index contributed by atoms with van der Waals surface area (Å²) in [6, 6.07) is 2.68. The largest absolute Gasteiger partial charge is 0.343 e. The molecule has 1 saturated carbocycles. The maximum atomic E-state index is 12.5. The van der Waals surface area contributed by atoms with E-state index in [1.165, 1.54) is 23.3 Å². The van der Waals surface area contributed by atoms with Crippen LogP contribution in [0.1, 0.15) is 49.0 Å². The van der Waals surface area contributed by atoms with E-state index in [1.54, 1.807) is 11.3 Å². The van der Waals surface area contributed by atoms with Gasteiger partial charge in [0.05, 0.1) is 0 Å². The summed E-state index contributed by atoms with van der Waals surface area (Å²) in [6.07, 6.45) is 6.49. The van der Waals surface area contributed by atoms with E-state index in [-0.39, 0.29) is 24.2 Å². The monoisotopic (exact) mass is 411 g/mol. The highest BCUT2D eigenvalue weighted by Crippen LogP contribution is 2.28. The van der Waals surface area contributed by atoms with Crippen molar-refractivity contribution in [2.45, 2.75) is 57.5 Å². The second kappa shape index (κ2) is 9.39. The first-order chi connectivity index (χ1) is 12.7. The van der Waals surface area contributed by atoms with E-state index in [0.717, 1.165) is 51.4 Å². The number of piperidine rings is 1. The van der Waals surface area contributed by atoms with Crippen LogP contribution in [0.4, 0.5) is 0 Å². The third-order valence-corrected chi connectivity index (χ3v) is 6.98. The second-order valence-corrected chi connectivity index (χ2v) is 8.94. The molecule has 3 heterocycles. The highest BCUT2D eigenvalue weighted by atomic mass is 35.5. The first-order valence-corrected chi connectivity index (χ1v) is 10.9. The van der Waals surface area contributed by atoms with E-state index in [4.69, 9.17) is 0 Å². The summed E-state index contributed by atoms with van der Waals surface area (Å²) in [7, 11) is 0. The van der Waals surface area contributed by atoms with Crippen molar-refractivity contribution in [3.63, 3.8) is 0 Å². The van der Waals surface area contributed by atoms with Crippen LogP contribution in [0, 0.1) is 5.92 Å². The molecule has 1 aromatic heterocycles. The minimum Gasteiger partial charge on any atom is -0.343 e. The Balaban J connectivity index is 0.00000210. The maximum Gasteiger partial charge on any atom is 0.223 e. The first kappa shape index (κ1) is 20.6. The molecule has 4 rings (SSSR count). The average molecular weight is 412 g/mol. The van der Waals surface area contributed by atoms with Crippen molar-refractivity contribution in [2.75, 3.05) is 26.2 Å². The summed E-state index contributed by atoms with van der Waals surface area (Å²) >= 11 is 1.78. The predicted octanol–water partition coefficient (Wildman–Crippen LogP) is 2.83. The number of carbonyl (C=O) groups excluding carboxylic acids is 2. The fourth-order valence-corrected chi connectivity index (χ4v) is 4.87. The van der Waals surface area contributed by atoms with Crippen LogP contribution < -0.4 is 5.32 Å². The molecule has 0 spiro atoms. The van der Waals surface area contributed by atoms with Gasteiger partial charge in [0.1, 0.15) is 0 Å². The van der Waals surface area contributed by atoms with E-state index in [2.05, 4.69) is 16.8 Å². The van der Waals surface area contributed by atoms with Crippen LogP contribution in [0.3, 0.4) is 0 Å². The molecule has 3 aliphatic rings. The summed E-state index contributed by atoms with van der Waals surface area (Å²) in [5.41, 5.74) is 1.28. The quantitative estimate of drug-likeness (QED) is 0.783. The number of hydrogen-bond donors (Lipinski definition) is 1. The molecule has 1 aromatic rings. The minimum atomic E-state index is 0. The van der Waals surface area contributed by atoms with Gasteiger partial charge in [-0.15, -0.1) is 23.7 Å². The smallest absolute Gasteiger partial charge is 0.223 e. The number of halogens is 1. The molecular weight excluding hydrogens is 382 g/mol. The Morgan fingerprint density at radius 3 is 2.44 bits per heavy atom. The van der Waals surface area contributed by atoms with Gasteiger partial charge < -0.3 is 15.1 Å². The highest BCUT2D eigenvalue weighted by Gasteiger charge is 2.27. The molecule has 1 aliphatic carbocycles. The Hall–Kier alpha value is -1.11. The van der Waals surface area contributed by atoms with Crippen molar-refractivity contribution in [1.29, 1.82) is 0 Å². The van der Waals surface area contributed by atoms with Crippen LogP contribution in [-0.4, -0.2) is 53.8 Å². The maximum absolute atomic E-state index is 12.5. The van der Waals surface area contributed by atoms with E-state index < -0.39 is 0 Å². The Morgan fingerprint density at radius 2 is 1.74 bits per heavy atom. The van der Waals surface area contributed by atoms with Crippen molar-refractivity contribution in [3.05, 3.63) is 21.9 Å². The summed E-state index contributed by atoms with van der Waals surface area (Å²) in [4.78, 5) is 30.2. The molecule has 2 aliphatic heterocycles. The molecule has 0 radical (unpaired) electrons. The molecule has 0 aromatic carbocycles. The number of amides is 2. The molecular formula is C20H30ClN3O2S. The van der Waals surface area contributed by atoms with Gasteiger partial charge in [-0.25, -0.2) is 0 Å². The molecule has 1 saturated heterocycles. The lowest BCUT2D eigenvalue weighted by Crippen LogP contribution is -2.45. The number of fused-ring (bicyclic) bond motifs is 1. The van der Waals surface area contributed by atoms with E-state index in [9.17, 15) is 9.59 Å². The molecule has 27 heavy (non-hydrogen) atoms. The lowest BCUT2D eigenvalue weighted by molar-refractivity contribution is -0.138. The fourth-order valence-electron chi connectivity index (χ4n) is 3.98. The lowest BCUT2D eigenvalue weighted by atomic mass is 10.0. The van der Waals surface area contributed by atoms with Gasteiger partial charge in [-0.3, -0.25) is 9.59 Å². The van der Waals surface area contributed by atoms with Gasteiger partial charge in [-0.05, 0) is 61.6 Å². The van der Waals surface area contributed by atoms with E-state index in [1.807, 2.05) is 9.80 Å². The molecule has 2 fully saturated rings.